The van der Waals surface area contributed by atoms with E-state index in [9.17, 15) is 19.2 Å². The molecule has 2 aromatic rings. The van der Waals surface area contributed by atoms with E-state index in [4.69, 9.17) is 4.74 Å². The molecule has 3 heterocycles. The highest BCUT2D eigenvalue weighted by atomic mass is 16.5. The van der Waals surface area contributed by atoms with Crippen LogP contribution >= 0.6 is 0 Å². The number of nitrogens with zero attached hydrogens (tertiary/aromatic N) is 3. The maximum absolute atomic E-state index is 12.7. The second kappa shape index (κ2) is 8.34. The number of anilines is 1. The molecule has 0 radical (unpaired) electrons. The van der Waals surface area contributed by atoms with Crippen LogP contribution in [-0.4, -0.2) is 51.1 Å². The first-order chi connectivity index (χ1) is 15.0. The van der Waals surface area contributed by atoms with Crippen LogP contribution in [0.1, 0.15) is 39.1 Å². The molecule has 31 heavy (non-hydrogen) atoms. The average Bonchev–Trinajstić information content (AvgIpc) is 3.08. The number of ether oxygens (including phenoxy) is 1. The number of rotatable bonds is 6. The van der Waals surface area contributed by atoms with Gasteiger partial charge in [-0.1, -0.05) is 12.7 Å². The van der Waals surface area contributed by atoms with Gasteiger partial charge in [-0.3, -0.25) is 29.8 Å². The molecule has 0 spiro atoms. The molecule has 4 rings (SSSR count). The number of hydrogen-bond acceptors (Lipinski definition) is 7. The molecule has 10 heteroatoms. The van der Waals surface area contributed by atoms with Crippen LogP contribution in [0.5, 0.6) is 5.88 Å². The number of piperidine rings is 1. The van der Waals surface area contributed by atoms with E-state index in [1.807, 2.05) is 0 Å². The van der Waals surface area contributed by atoms with Crippen molar-refractivity contribution in [1.29, 1.82) is 0 Å². The van der Waals surface area contributed by atoms with Gasteiger partial charge in [-0.2, -0.15) is 4.98 Å². The third-order valence-electron chi connectivity index (χ3n) is 4.99. The summed E-state index contributed by atoms with van der Waals surface area (Å²) in [6, 6.07) is 5.54. The third kappa shape index (κ3) is 4.13. The van der Waals surface area contributed by atoms with E-state index >= 15 is 0 Å². The number of carbonyl (C=O) groups is 4. The summed E-state index contributed by atoms with van der Waals surface area (Å²) in [7, 11) is 0. The molecular formula is C21H19N5O5. The molecule has 10 nitrogen and oxygen atoms in total. The van der Waals surface area contributed by atoms with Gasteiger partial charge < -0.3 is 9.64 Å². The van der Waals surface area contributed by atoms with E-state index in [0.29, 0.717) is 22.6 Å². The highest BCUT2D eigenvalue weighted by Gasteiger charge is 2.39. The molecule has 1 unspecified atom stereocenters. The third-order valence-corrected chi connectivity index (χ3v) is 4.99. The lowest BCUT2D eigenvalue weighted by atomic mass is 10.0. The zero-order valence-electron chi connectivity index (χ0n) is 16.5. The summed E-state index contributed by atoms with van der Waals surface area (Å²) in [5, 5.41) is 4.86. The topological polar surface area (TPSA) is 131 Å². The number of aromatic nitrogens is 2. The summed E-state index contributed by atoms with van der Waals surface area (Å²) in [5.41, 5.74) is 1.38. The normalized spacial score (nSPS) is 17.7. The molecule has 2 aliphatic rings. The summed E-state index contributed by atoms with van der Waals surface area (Å²) in [5.74, 6) is -1.20. The Hall–Kier alpha value is -4.08. The number of carbonyl (C=O) groups excluding carboxylic acids is 4. The highest BCUT2D eigenvalue weighted by molar-refractivity contribution is 6.07. The van der Waals surface area contributed by atoms with Crippen LogP contribution in [0.25, 0.3) is 0 Å². The summed E-state index contributed by atoms with van der Waals surface area (Å²) in [6.07, 6.45) is 3.49. The van der Waals surface area contributed by atoms with Gasteiger partial charge >= 0.3 is 0 Å². The van der Waals surface area contributed by atoms with Gasteiger partial charge in [0.25, 0.3) is 11.8 Å². The molecule has 0 bridgehead atoms. The Bertz CT molecular complexity index is 1100. The van der Waals surface area contributed by atoms with Crippen molar-refractivity contribution in [2.24, 2.45) is 0 Å². The maximum atomic E-state index is 12.7. The van der Waals surface area contributed by atoms with E-state index in [-0.39, 0.29) is 43.8 Å². The minimum Gasteiger partial charge on any atom is -0.473 e. The largest absolute Gasteiger partial charge is 0.473 e. The van der Waals surface area contributed by atoms with Crippen LogP contribution in [0.15, 0.2) is 43.1 Å². The van der Waals surface area contributed by atoms with Crippen molar-refractivity contribution in [1.82, 2.24) is 20.2 Å². The van der Waals surface area contributed by atoms with E-state index in [1.165, 1.54) is 17.2 Å². The van der Waals surface area contributed by atoms with Crippen molar-refractivity contribution in [2.45, 2.75) is 25.4 Å². The first kappa shape index (κ1) is 20.2. The van der Waals surface area contributed by atoms with Gasteiger partial charge in [0.05, 0.1) is 0 Å². The minimum atomic E-state index is -0.707. The van der Waals surface area contributed by atoms with Gasteiger partial charge in [0.1, 0.15) is 12.6 Å². The standard InChI is InChI=1S/C21H19N5O5/c1-2-9-31-17-7-8-22-21(24-17)25-18(28)12-3-4-14-13(10-12)11-26(20(14)30)15-5-6-16(27)23-19(15)29/h2-4,7-8,10,15H,1,5-6,9,11H2,(H,23,27,29)(H,22,24,25,28). The predicted molar refractivity (Wildman–Crippen MR) is 108 cm³/mol. The van der Waals surface area contributed by atoms with Crippen LogP contribution in [0, 0.1) is 0 Å². The number of fused-ring (bicyclic) bond motifs is 1. The fourth-order valence-electron chi connectivity index (χ4n) is 3.52. The van der Waals surface area contributed by atoms with Gasteiger partial charge in [-0.05, 0) is 30.2 Å². The highest BCUT2D eigenvalue weighted by Crippen LogP contribution is 2.28. The molecule has 0 aliphatic carbocycles. The van der Waals surface area contributed by atoms with E-state index in [1.54, 1.807) is 24.3 Å². The Balaban J connectivity index is 1.48. The SMILES string of the molecule is C=CCOc1ccnc(NC(=O)c2ccc3c(c2)CN(C2CCC(=O)NC2=O)C3=O)n1. The van der Waals surface area contributed by atoms with Crippen LogP contribution in [-0.2, 0) is 16.1 Å². The molecule has 1 aromatic carbocycles. The lowest BCUT2D eigenvalue weighted by Gasteiger charge is -2.29. The van der Waals surface area contributed by atoms with Crippen molar-refractivity contribution in [3.8, 4) is 5.88 Å². The van der Waals surface area contributed by atoms with Gasteiger partial charge in [-0.15, -0.1) is 0 Å². The Morgan fingerprint density at radius 2 is 2.16 bits per heavy atom. The number of benzene rings is 1. The zero-order valence-corrected chi connectivity index (χ0v) is 16.5. The maximum Gasteiger partial charge on any atom is 0.258 e. The number of nitrogens with one attached hydrogen (secondary N) is 2. The van der Waals surface area contributed by atoms with E-state index in [2.05, 4.69) is 27.2 Å². The fraction of sp³-hybridized carbons (Fsp3) is 0.238. The fourth-order valence-corrected chi connectivity index (χ4v) is 3.52. The minimum absolute atomic E-state index is 0.0771. The van der Waals surface area contributed by atoms with E-state index < -0.39 is 17.9 Å². The Morgan fingerprint density at radius 1 is 1.32 bits per heavy atom. The summed E-state index contributed by atoms with van der Waals surface area (Å²) < 4.78 is 5.32. The predicted octanol–water partition coefficient (Wildman–Crippen LogP) is 1.05. The quantitative estimate of drug-likeness (QED) is 0.527. The zero-order chi connectivity index (χ0) is 22.0. The molecule has 1 atom stereocenters. The Morgan fingerprint density at radius 3 is 2.94 bits per heavy atom. The molecule has 1 saturated heterocycles. The molecule has 1 aromatic heterocycles. The molecule has 4 amide bonds. The molecule has 158 valence electrons. The first-order valence-electron chi connectivity index (χ1n) is 9.62. The van der Waals surface area contributed by atoms with Gasteiger partial charge in [0.2, 0.25) is 23.6 Å². The lowest BCUT2D eigenvalue weighted by Crippen LogP contribution is -2.52. The molecule has 2 N–H and O–H groups in total. The monoisotopic (exact) mass is 421 g/mol. The van der Waals surface area contributed by atoms with Crippen molar-refractivity contribution in [2.75, 3.05) is 11.9 Å². The second-order valence-electron chi connectivity index (χ2n) is 7.04. The van der Waals surface area contributed by atoms with Crippen LogP contribution in [0.2, 0.25) is 0 Å². The molecule has 2 aliphatic heterocycles. The van der Waals surface area contributed by atoms with Crippen LogP contribution in [0.4, 0.5) is 5.95 Å². The van der Waals surface area contributed by atoms with Crippen molar-refractivity contribution >= 4 is 29.6 Å². The number of amides is 4. The summed E-state index contributed by atoms with van der Waals surface area (Å²) in [4.78, 5) is 58.4. The Labute approximate surface area is 177 Å². The Kier molecular flexibility index (Phi) is 5.44. The van der Waals surface area contributed by atoms with Gasteiger partial charge in [-0.25, -0.2) is 4.98 Å². The number of imide groups is 1. The summed E-state index contributed by atoms with van der Waals surface area (Å²) >= 11 is 0. The first-order valence-corrected chi connectivity index (χ1v) is 9.62. The van der Waals surface area contributed by atoms with E-state index in [0.717, 1.165) is 0 Å². The number of hydrogen-bond donors (Lipinski definition) is 2. The lowest BCUT2D eigenvalue weighted by molar-refractivity contribution is -0.136. The molecular weight excluding hydrogens is 402 g/mol. The van der Waals surface area contributed by atoms with Crippen molar-refractivity contribution in [3.05, 3.63) is 59.8 Å². The van der Waals surface area contributed by atoms with Crippen molar-refractivity contribution in [3.63, 3.8) is 0 Å². The van der Waals surface area contributed by atoms with Crippen molar-refractivity contribution < 1.29 is 23.9 Å². The van der Waals surface area contributed by atoms with Crippen LogP contribution < -0.4 is 15.4 Å². The average molecular weight is 421 g/mol. The summed E-state index contributed by atoms with van der Waals surface area (Å²) in [6.45, 7) is 4.01. The smallest absolute Gasteiger partial charge is 0.258 e. The van der Waals surface area contributed by atoms with Crippen LogP contribution in [0.3, 0.4) is 0 Å². The molecule has 1 fully saturated rings. The molecule has 0 saturated carbocycles. The van der Waals surface area contributed by atoms with Gasteiger partial charge in [0.15, 0.2) is 0 Å². The van der Waals surface area contributed by atoms with Gasteiger partial charge in [0, 0.05) is 36.4 Å². The second-order valence-corrected chi connectivity index (χ2v) is 7.04.